The molecule has 2 nitrogen and oxygen atoms in total. The Labute approximate surface area is 117 Å². The van der Waals surface area contributed by atoms with E-state index in [0.29, 0.717) is 5.92 Å². The molecule has 0 aliphatic carbocycles. The fourth-order valence-corrected chi connectivity index (χ4v) is 1.98. The van der Waals surface area contributed by atoms with Crippen LogP contribution in [0.5, 0.6) is 5.75 Å². The number of ether oxygens (including phenoxy) is 1. The summed E-state index contributed by atoms with van der Waals surface area (Å²) in [5.41, 5.74) is 8.72. The Kier molecular flexibility index (Phi) is 8.05. The summed E-state index contributed by atoms with van der Waals surface area (Å²) in [6.07, 6.45) is 3.37. The van der Waals surface area contributed by atoms with Gasteiger partial charge in [0, 0.05) is 11.6 Å². The Bertz CT molecular complexity index is 352. The normalized spacial score (nSPS) is 12.1. The van der Waals surface area contributed by atoms with Gasteiger partial charge in [-0.2, -0.15) is 0 Å². The van der Waals surface area contributed by atoms with Gasteiger partial charge in [-0.25, -0.2) is 0 Å². The van der Waals surface area contributed by atoms with Crippen LogP contribution in [-0.2, 0) is 0 Å². The van der Waals surface area contributed by atoms with E-state index in [4.69, 9.17) is 10.5 Å². The van der Waals surface area contributed by atoms with Crippen LogP contribution >= 0.6 is 12.4 Å². The van der Waals surface area contributed by atoms with Gasteiger partial charge in [0.05, 0.1) is 7.11 Å². The summed E-state index contributed by atoms with van der Waals surface area (Å²) >= 11 is 0. The minimum absolute atomic E-state index is 0. The van der Waals surface area contributed by atoms with Crippen LogP contribution in [0.15, 0.2) is 18.2 Å². The second-order valence-corrected chi connectivity index (χ2v) is 4.90. The molecule has 2 N–H and O–H groups in total. The Morgan fingerprint density at radius 1 is 1.28 bits per heavy atom. The number of unbranched alkanes of at least 4 members (excludes halogenated alkanes) is 1. The molecule has 0 spiro atoms. The van der Waals surface area contributed by atoms with Crippen LogP contribution in [0.2, 0.25) is 0 Å². The molecule has 18 heavy (non-hydrogen) atoms. The highest BCUT2D eigenvalue weighted by atomic mass is 35.5. The number of nitrogens with two attached hydrogens (primary N) is 1. The highest BCUT2D eigenvalue weighted by molar-refractivity contribution is 5.85. The zero-order valence-corrected chi connectivity index (χ0v) is 12.7. The molecule has 1 atom stereocenters. The third-order valence-corrected chi connectivity index (χ3v) is 3.19. The van der Waals surface area contributed by atoms with Crippen molar-refractivity contribution in [3.63, 3.8) is 0 Å². The molecule has 3 heteroatoms. The molecular formula is C15H26ClNO. The van der Waals surface area contributed by atoms with Gasteiger partial charge >= 0.3 is 0 Å². The smallest absolute Gasteiger partial charge is 0.123 e. The number of benzene rings is 1. The maximum Gasteiger partial charge on any atom is 0.123 e. The fraction of sp³-hybridized carbons (Fsp3) is 0.600. The molecule has 0 heterocycles. The molecule has 0 aliphatic rings. The van der Waals surface area contributed by atoms with E-state index in [9.17, 15) is 0 Å². The van der Waals surface area contributed by atoms with Crippen LogP contribution in [0.3, 0.4) is 0 Å². The van der Waals surface area contributed by atoms with Crippen LogP contribution in [0.1, 0.15) is 63.1 Å². The fourth-order valence-electron chi connectivity index (χ4n) is 1.98. The van der Waals surface area contributed by atoms with Gasteiger partial charge in [-0.15, -0.1) is 12.4 Å². The third kappa shape index (κ3) is 4.51. The predicted octanol–water partition coefficient (Wildman–Crippen LogP) is 4.43. The van der Waals surface area contributed by atoms with Gasteiger partial charge in [-0.05, 0) is 24.0 Å². The molecule has 0 radical (unpaired) electrons. The van der Waals surface area contributed by atoms with E-state index in [2.05, 4.69) is 32.9 Å². The van der Waals surface area contributed by atoms with E-state index in [0.717, 1.165) is 24.2 Å². The van der Waals surface area contributed by atoms with E-state index in [1.807, 2.05) is 6.07 Å². The van der Waals surface area contributed by atoms with Crippen molar-refractivity contribution in [3.8, 4) is 5.75 Å². The van der Waals surface area contributed by atoms with Crippen LogP contribution in [0, 0.1) is 0 Å². The number of rotatable bonds is 6. The minimum Gasteiger partial charge on any atom is -0.496 e. The van der Waals surface area contributed by atoms with Gasteiger partial charge in [0.2, 0.25) is 0 Å². The number of halogens is 1. The maximum atomic E-state index is 6.25. The summed E-state index contributed by atoms with van der Waals surface area (Å²) in [6.45, 7) is 6.58. The van der Waals surface area contributed by atoms with E-state index < -0.39 is 0 Å². The van der Waals surface area contributed by atoms with Crippen molar-refractivity contribution in [2.24, 2.45) is 5.73 Å². The molecule has 1 aromatic carbocycles. The minimum atomic E-state index is 0. The van der Waals surface area contributed by atoms with Crippen molar-refractivity contribution in [2.75, 3.05) is 7.11 Å². The highest BCUT2D eigenvalue weighted by Crippen LogP contribution is 2.30. The Hall–Kier alpha value is -0.730. The average Bonchev–Trinajstić information content (AvgIpc) is 2.34. The van der Waals surface area contributed by atoms with Crippen LogP contribution in [-0.4, -0.2) is 7.11 Å². The third-order valence-electron chi connectivity index (χ3n) is 3.19. The largest absolute Gasteiger partial charge is 0.496 e. The van der Waals surface area contributed by atoms with Crippen molar-refractivity contribution in [1.82, 2.24) is 0 Å². The zero-order valence-electron chi connectivity index (χ0n) is 11.9. The van der Waals surface area contributed by atoms with E-state index in [-0.39, 0.29) is 18.4 Å². The molecule has 0 fully saturated rings. The zero-order chi connectivity index (χ0) is 12.8. The Morgan fingerprint density at radius 2 is 1.94 bits per heavy atom. The second-order valence-electron chi connectivity index (χ2n) is 4.90. The first-order valence-electron chi connectivity index (χ1n) is 6.53. The lowest BCUT2D eigenvalue weighted by atomic mass is 9.95. The summed E-state index contributed by atoms with van der Waals surface area (Å²) in [4.78, 5) is 0. The summed E-state index contributed by atoms with van der Waals surface area (Å²) in [6, 6.07) is 6.45. The van der Waals surface area contributed by atoms with E-state index in [1.165, 1.54) is 12.0 Å². The number of hydrogen-bond donors (Lipinski definition) is 1. The first-order chi connectivity index (χ1) is 8.10. The summed E-state index contributed by atoms with van der Waals surface area (Å²) < 4.78 is 5.40. The average molecular weight is 272 g/mol. The Balaban J connectivity index is 0.00000289. The van der Waals surface area contributed by atoms with Crippen molar-refractivity contribution in [3.05, 3.63) is 29.3 Å². The molecule has 104 valence electrons. The van der Waals surface area contributed by atoms with Crippen molar-refractivity contribution in [2.45, 2.75) is 52.0 Å². The maximum absolute atomic E-state index is 6.25. The van der Waals surface area contributed by atoms with Gasteiger partial charge < -0.3 is 10.5 Å². The lowest BCUT2D eigenvalue weighted by Gasteiger charge is -2.18. The molecule has 0 saturated heterocycles. The molecule has 0 bridgehead atoms. The first-order valence-corrected chi connectivity index (χ1v) is 6.53. The predicted molar refractivity (Wildman–Crippen MR) is 80.8 cm³/mol. The molecular weight excluding hydrogens is 246 g/mol. The second kappa shape index (κ2) is 8.39. The highest BCUT2D eigenvalue weighted by Gasteiger charge is 2.13. The lowest BCUT2D eigenvalue weighted by Crippen LogP contribution is -2.12. The summed E-state index contributed by atoms with van der Waals surface area (Å²) in [5, 5.41) is 0. The molecule has 0 amide bonds. The van der Waals surface area contributed by atoms with Crippen molar-refractivity contribution < 1.29 is 4.74 Å². The van der Waals surface area contributed by atoms with E-state index >= 15 is 0 Å². The number of methoxy groups -OCH3 is 1. The molecule has 0 unspecified atom stereocenters. The molecule has 0 aliphatic heterocycles. The van der Waals surface area contributed by atoms with Gasteiger partial charge in [0.1, 0.15) is 5.75 Å². The molecule has 1 aromatic rings. The number of hydrogen-bond acceptors (Lipinski definition) is 2. The van der Waals surface area contributed by atoms with Crippen molar-refractivity contribution >= 4 is 12.4 Å². The molecule has 1 rings (SSSR count). The quantitative estimate of drug-likeness (QED) is 0.831. The first kappa shape index (κ1) is 17.3. The van der Waals surface area contributed by atoms with Crippen LogP contribution in [0.25, 0.3) is 0 Å². The van der Waals surface area contributed by atoms with Crippen LogP contribution in [0.4, 0.5) is 0 Å². The summed E-state index contributed by atoms with van der Waals surface area (Å²) in [7, 11) is 1.71. The lowest BCUT2D eigenvalue weighted by molar-refractivity contribution is 0.403. The molecule has 0 aromatic heterocycles. The SMILES string of the molecule is CCCC[C@@H](N)c1cc(C(C)C)ccc1OC.Cl. The monoisotopic (exact) mass is 271 g/mol. The van der Waals surface area contributed by atoms with Crippen LogP contribution < -0.4 is 10.5 Å². The summed E-state index contributed by atoms with van der Waals surface area (Å²) in [5.74, 6) is 1.44. The molecule has 0 saturated carbocycles. The van der Waals surface area contributed by atoms with Crippen molar-refractivity contribution in [1.29, 1.82) is 0 Å². The van der Waals surface area contributed by atoms with Gasteiger partial charge in [0.25, 0.3) is 0 Å². The Morgan fingerprint density at radius 3 is 2.44 bits per heavy atom. The topological polar surface area (TPSA) is 35.2 Å². The van der Waals surface area contributed by atoms with Gasteiger partial charge in [-0.3, -0.25) is 0 Å². The standard InChI is InChI=1S/C15H25NO.ClH/c1-5-6-7-14(16)13-10-12(11(2)3)8-9-15(13)17-4;/h8-11,14H,5-7,16H2,1-4H3;1H/t14-;/m1./s1. The van der Waals surface area contributed by atoms with Gasteiger partial charge in [-0.1, -0.05) is 45.7 Å². The van der Waals surface area contributed by atoms with Gasteiger partial charge in [0.15, 0.2) is 0 Å². The van der Waals surface area contributed by atoms with E-state index in [1.54, 1.807) is 7.11 Å².